The third kappa shape index (κ3) is 8.59. The third-order valence-electron chi connectivity index (χ3n) is 9.18. The topological polar surface area (TPSA) is 55.9 Å². The highest BCUT2D eigenvalue weighted by molar-refractivity contribution is 8.04. The molecule has 0 bridgehead atoms. The van der Waals surface area contributed by atoms with E-state index in [-0.39, 0.29) is 17.9 Å². The molecular formula is C37H43ClN4O2S. The lowest BCUT2D eigenvalue weighted by atomic mass is 9.92. The van der Waals surface area contributed by atoms with Gasteiger partial charge in [-0.3, -0.25) is 14.5 Å². The summed E-state index contributed by atoms with van der Waals surface area (Å²) in [6, 6.07) is 26.3. The molecule has 0 aromatic heterocycles. The number of hydrogen-bond acceptors (Lipinski definition) is 5. The third-order valence-corrected chi connectivity index (χ3v) is 10.8. The lowest BCUT2D eigenvalue weighted by Gasteiger charge is -2.44. The Morgan fingerprint density at radius 3 is 2.38 bits per heavy atom. The normalized spacial score (nSPS) is 21.9. The van der Waals surface area contributed by atoms with E-state index < -0.39 is 0 Å². The first kappa shape index (κ1) is 31.9. The van der Waals surface area contributed by atoms with Crippen LogP contribution in [-0.4, -0.2) is 77.1 Å². The Balaban J connectivity index is 0.980. The first-order valence-electron chi connectivity index (χ1n) is 16.3. The monoisotopic (exact) mass is 642 g/mol. The maximum Gasteiger partial charge on any atom is 0.260 e. The summed E-state index contributed by atoms with van der Waals surface area (Å²) < 4.78 is 0. The first-order chi connectivity index (χ1) is 22.0. The van der Waals surface area contributed by atoms with E-state index in [1.54, 1.807) is 11.8 Å². The summed E-state index contributed by atoms with van der Waals surface area (Å²) in [5.74, 6) is 0.0327. The quantitative estimate of drug-likeness (QED) is 0.197. The van der Waals surface area contributed by atoms with Crippen molar-refractivity contribution in [1.82, 2.24) is 20.0 Å². The summed E-state index contributed by atoms with van der Waals surface area (Å²) in [5.41, 5.74) is 4.01. The fraction of sp³-hybridized carbons (Fsp3) is 0.405. The van der Waals surface area contributed by atoms with Crippen LogP contribution in [0.1, 0.15) is 59.2 Å². The van der Waals surface area contributed by atoms with Crippen LogP contribution in [0.4, 0.5) is 0 Å². The Morgan fingerprint density at radius 2 is 1.60 bits per heavy atom. The molecule has 6 rings (SSSR count). The van der Waals surface area contributed by atoms with Gasteiger partial charge in [0, 0.05) is 67.7 Å². The number of benzene rings is 3. The minimum atomic E-state index is -0.0530. The number of nitrogens with one attached hydrogen (secondary N) is 1. The van der Waals surface area contributed by atoms with Gasteiger partial charge in [0.05, 0.1) is 4.91 Å². The van der Waals surface area contributed by atoms with Crippen molar-refractivity contribution in [1.29, 1.82) is 0 Å². The zero-order valence-electron chi connectivity index (χ0n) is 25.9. The van der Waals surface area contributed by atoms with Crippen LogP contribution >= 0.6 is 23.4 Å². The SMILES string of the molecule is O=C(NCCCN1CCN(Cc2ccccc2)CC1)c1ccc(/C=C2/SC3CCCCC3N(Cc3cccc(Cl)c3)C2=O)cc1. The van der Waals surface area contributed by atoms with Crippen molar-refractivity contribution in [2.24, 2.45) is 0 Å². The number of carbonyl (C=O) groups excluding carboxylic acids is 2. The van der Waals surface area contributed by atoms with Gasteiger partial charge in [-0.2, -0.15) is 0 Å². The number of amides is 2. The van der Waals surface area contributed by atoms with E-state index in [1.807, 2.05) is 54.6 Å². The molecular weight excluding hydrogens is 600 g/mol. The van der Waals surface area contributed by atoms with Gasteiger partial charge in [-0.1, -0.05) is 79.0 Å². The summed E-state index contributed by atoms with van der Waals surface area (Å²) in [6.45, 7) is 7.53. The van der Waals surface area contributed by atoms with Crippen LogP contribution in [0.25, 0.3) is 6.08 Å². The van der Waals surface area contributed by atoms with Crippen LogP contribution in [0.2, 0.25) is 5.02 Å². The largest absolute Gasteiger partial charge is 0.352 e. The van der Waals surface area contributed by atoms with Crippen LogP contribution in [-0.2, 0) is 17.9 Å². The average Bonchev–Trinajstić information content (AvgIpc) is 3.06. The molecule has 2 heterocycles. The number of piperazine rings is 1. The molecule has 3 fully saturated rings. The summed E-state index contributed by atoms with van der Waals surface area (Å²) in [7, 11) is 0. The van der Waals surface area contributed by atoms with Crippen molar-refractivity contribution in [2.45, 2.75) is 56.5 Å². The molecule has 1 saturated carbocycles. The van der Waals surface area contributed by atoms with Crippen molar-refractivity contribution in [3.63, 3.8) is 0 Å². The minimum Gasteiger partial charge on any atom is -0.352 e. The highest BCUT2D eigenvalue weighted by atomic mass is 35.5. The number of nitrogens with zero attached hydrogens (tertiary/aromatic N) is 3. The molecule has 236 valence electrons. The Morgan fingerprint density at radius 1 is 0.867 bits per heavy atom. The summed E-state index contributed by atoms with van der Waals surface area (Å²) in [6.07, 6.45) is 7.46. The van der Waals surface area contributed by atoms with Gasteiger partial charge in [-0.25, -0.2) is 0 Å². The van der Waals surface area contributed by atoms with Crippen molar-refractivity contribution >= 4 is 41.3 Å². The second kappa shape index (κ2) is 15.5. The van der Waals surface area contributed by atoms with Crippen molar-refractivity contribution in [3.05, 3.63) is 111 Å². The fourth-order valence-corrected chi connectivity index (χ4v) is 8.38. The van der Waals surface area contributed by atoms with E-state index in [0.29, 0.717) is 28.9 Å². The van der Waals surface area contributed by atoms with E-state index in [4.69, 9.17) is 11.6 Å². The lowest BCUT2D eigenvalue weighted by molar-refractivity contribution is -0.130. The average molecular weight is 643 g/mol. The molecule has 8 heteroatoms. The second-order valence-electron chi connectivity index (χ2n) is 12.4. The van der Waals surface area contributed by atoms with Gasteiger partial charge in [0.25, 0.3) is 11.8 Å². The molecule has 3 aromatic rings. The van der Waals surface area contributed by atoms with Crippen LogP contribution < -0.4 is 5.32 Å². The maximum absolute atomic E-state index is 13.7. The molecule has 1 aliphatic carbocycles. The molecule has 3 aromatic carbocycles. The van der Waals surface area contributed by atoms with Gasteiger partial charge in [-0.05, 0) is 72.8 Å². The zero-order chi connectivity index (χ0) is 31.0. The summed E-state index contributed by atoms with van der Waals surface area (Å²) >= 11 is 7.98. The minimum absolute atomic E-state index is 0.0530. The van der Waals surface area contributed by atoms with Crippen molar-refractivity contribution in [3.8, 4) is 0 Å². The molecule has 6 nitrogen and oxygen atoms in total. The highest BCUT2D eigenvalue weighted by Gasteiger charge is 2.40. The molecule has 3 aliphatic rings. The Kier molecular flexibility index (Phi) is 10.9. The molecule has 45 heavy (non-hydrogen) atoms. The van der Waals surface area contributed by atoms with E-state index in [2.05, 4.69) is 50.3 Å². The van der Waals surface area contributed by atoms with Gasteiger partial charge in [0.15, 0.2) is 0 Å². The molecule has 2 saturated heterocycles. The van der Waals surface area contributed by atoms with E-state index >= 15 is 0 Å². The van der Waals surface area contributed by atoms with Crippen molar-refractivity contribution < 1.29 is 9.59 Å². The molecule has 1 N–H and O–H groups in total. The van der Waals surface area contributed by atoms with Gasteiger partial charge in [-0.15, -0.1) is 11.8 Å². The van der Waals surface area contributed by atoms with Gasteiger partial charge in [0.2, 0.25) is 0 Å². The Labute approximate surface area is 276 Å². The Hall–Kier alpha value is -3.10. The molecule has 2 aliphatic heterocycles. The van der Waals surface area contributed by atoms with E-state index in [9.17, 15) is 9.59 Å². The number of thioether (sulfide) groups is 1. The molecule has 0 spiro atoms. The number of carbonyl (C=O) groups is 2. The second-order valence-corrected chi connectivity index (χ2v) is 14.1. The van der Waals surface area contributed by atoms with Crippen LogP contribution in [0.5, 0.6) is 0 Å². The van der Waals surface area contributed by atoms with E-state index in [1.165, 1.54) is 12.0 Å². The fourth-order valence-electron chi connectivity index (χ4n) is 6.70. The zero-order valence-corrected chi connectivity index (χ0v) is 27.4. The standard InChI is InChI=1S/C37H43ClN4O2S/c38-32-11-6-10-30(24-32)27-42-33-12-4-5-13-34(33)45-35(37(42)44)25-28-14-16-31(17-15-28)36(43)39-18-7-19-40-20-22-41(23-21-40)26-29-8-2-1-3-9-29/h1-3,6,8-11,14-17,24-25,33-34H,4-5,7,12-13,18-23,26-27H2,(H,39,43)/b35-25+. The smallest absolute Gasteiger partial charge is 0.260 e. The first-order valence-corrected chi connectivity index (χ1v) is 17.6. The molecule has 2 amide bonds. The molecule has 0 radical (unpaired) electrons. The number of fused-ring (bicyclic) bond motifs is 1. The van der Waals surface area contributed by atoms with Crippen LogP contribution in [0, 0.1) is 0 Å². The number of rotatable bonds is 10. The number of hydrogen-bond donors (Lipinski definition) is 1. The number of halogens is 1. The molecule has 2 atom stereocenters. The highest BCUT2D eigenvalue weighted by Crippen LogP contribution is 2.42. The van der Waals surface area contributed by atoms with Crippen molar-refractivity contribution in [2.75, 3.05) is 39.3 Å². The van der Waals surface area contributed by atoms with E-state index in [0.717, 1.165) is 81.0 Å². The summed E-state index contributed by atoms with van der Waals surface area (Å²) in [4.78, 5) is 34.4. The summed E-state index contributed by atoms with van der Waals surface area (Å²) in [5, 5.41) is 4.19. The van der Waals surface area contributed by atoms with Crippen LogP contribution in [0.15, 0.2) is 83.8 Å². The predicted molar refractivity (Wildman–Crippen MR) is 185 cm³/mol. The van der Waals surface area contributed by atoms with Crippen LogP contribution in [0.3, 0.4) is 0 Å². The maximum atomic E-state index is 13.7. The van der Waals surface area contributed by atoms with Gasteiger partial charge in [0.1, 0.15) is 0 Å². The van der Waals surface area contributed by atoms with Gasteiger partial charge < -0.3 is 15.1 Å². The van der Waals surface area contributed by atoms with Gasteiger partial charge >= 0.3 is 0 Å². The lowest BCUT2D eigenvalue weighted by Crippen LogP contribution is -2.50. The molecule has 2 unspecified atom stereocenters. The Bertz CT molecular complexity index is 1470. The predicted octanol–water partition coefficient (Wildman–Crippen LogP) is 6.71.